The molecule has 1 rings (SSSR count). The number of nitrogens with one attached hydrogen (secondary N) is 1. The van der Waals surface area contributed by atoms with Crippen LogP contribution >= 0.6 is 11.6 Å². The van der Waals surface area contributed by atoms with Crippen molar-refractivity contribution in [2.24, 2.45) is 5.84 Å². The maximum atomic E-state index is 12.2. The minimum atomic E-state index is -1.08. The van der Waals surface area contributed by atoms with Crippen LogP contribution in [0.25, 0.3) is 0 Å². The molecule has 9 heteroatoms. The maximum absolute atomic E-state index is 12.2. The van der Waals surface area contributed by atoms with Crippen LogP contribution < -0.4 is 11.3 Å². The van der Waals surface area contributed by atoms with Gasteiger partial charge in [0.15, 0.2) is 0 Å². The summed E-state index contributed by atoms with van der Waals surface area (Å²) in [5.41, 5.74) is 0.631. The largest absolute Gasteiger partial charge is 0.389 e. The Morgan fingerprint density at radius 2 is 2.14 bits per heavy atom. The molecule has 0 aliphatic rings. The zero-order chi connectivity index (χ0) is 16.4. The number of carbonyl (C=O) groups is 1. The summed E-state index contributed by atoms with van der Waals surface area (Å²) in [5, 5.41) is 20.7. The van der Waals surface area contributed by atoms with E-state index >= 15 is 0 Å². The number of amides is 1. The van der Waals surface area contributed by atoms with Crippen molar-refractivity contribution in [2.75, 3.05) is 19.0 Å². The number of carbonyl (C=O) groups excluding carboxylic acids is 1. The Morgan fingerprint density at radius 3 is 2.57 bits per heavy atom. The van der Waals surface area contributed by atoms with Gasteiger partial charge in [0.2, 0.25) is 0 Å². The average molecular weight is 317 g/mol. The fourth-order valence-electron chi connectivity index (χ4n) is 1.88. The number of rotatable bonds is 5. The molecule has 1 amide bonds. The van der Waals surface area contributed by atoms with E-state index in [1.54, 1.807) is 13.8 Å². The number of nitro benzene ring substituents is 1. The summed E-state index contributed by atoms with van der Waals surface area (Å²) in [6, 6.07) is 2.37. The van der Waals surface area contributed by atoms with Gasteiger partial charge in [-0.3, -0.25) is 20.8 Å². The second kappa shape index (κ2) is 6.25. The molecule has 0 atom stereocenters. The van der Waals surface area contributed by atoms with Crippen LogP contribution in [0.4, 0.5) is 11.4 Å². The minimum Gasteiger partial charge on any atom is -0.389 e. The molecule has 0 aliphatic heterocycles. The van der Waals surface area contributed by atoms with Crippen molar-refractivity contribution in [2.45, 2.75) is 19.4 Å². The first-order valence-corrected chi connectivity index (χ1v) is 6.37. The third-order valence-corrected chi connectivity index (χ3v) is 2.93. The van der Waals surface area contributed by atoms with Crippen molar-refractivity contribution in [1.29, 1.82) is 0 Å². The third-order valence-electron chi connectivity index (χ3n) is 2.63. The van der Waals surface area contributed by atoms with Gasteiger partial charge in [-0.15, -0.1) is 0 Å². The number of likely N-dealkylation sites (N-methyl/N-ethyl adjacent to an activating group) is 1. The van der Waals surface area contributed by atoms with E-state index in [1.165, 1.54) is 18.0 Å². The van der Waals surface area contributed by atoms with Gasteiger partial charge in [0.05, 0.1) is 15.5 Å². The van der Waals surface area contributed by atoms with Gasteiger partial charge in [0.1, 0.15) is 5.69 Å². The van der Waals surface area contributed by atoms with E-state index in [1.807, 2.05) is 0 Å². The Hall–Kier alpha value is -1.90. The van der Waals surface area contributed by atoms with Gasteiger partial charge in [-0.05, 0) is 19.9 Å². The van der Waals surface area contributed by atoms with Crippen molar-refractivity contribution in [3.8, 4) is 0 Å². The summed E-state index contributed by atoms with van der Waals surface area (Å²) in [4.78, 5) is 23.8. The number of nitrogen functional groups attached to an aromatic ring is 1. The summed E-state index contributed by atoms with van der Waals surface area (Å²) >= 11 is 5.89. The number of hydrogen-bond acceptors (Lipinski definition) is 6. The molecule has 0 radical (unpaired) electrons. The minimum absolute atomic E-state index is 0.0355. The summed E-state index contributed by atoms with van der Waals surface area (Å²) in [6.07, 6.45) is 0. The molecule has 0 saturated heterocycles. The number of hydrazine groups is 1. The van der Waals surface area contributed by atoms with E-state index in [0.29, 0.717) is 0 Å². The number of nitro groups is 1. The molecule has 0 aliphatic carbocycles. The van der Waals surface area contributed by atoms with Crippen LogP contribution in [0.3, 0.4) is 0 Å². The molecule has 0 fully saturated rings. The molecule has 4 N–H and O–H groups in total. The summed E-state index contributed by atoms with van der Waals surface area (Å²) < 4.78 is 0. The SMILES string of the molecule is CN(CC(C)(C)O)C(=O)c1cc(Cl)c(NN)c([N+](=O)[O-])c1. The monoisotopic (exact) mass is 316 g/mol. The highest BCUT2D eigenvalue weighted by molar-refractivity contribution is 6.34. The molecule has 0 heterocycles. The van der Waals surface area contributed by atoms with E-state index in [9.17, 15) is 20.0 Å². The van der Waals surface area contributed by atoms with Gasteiger partial charge in [-0.25, -0.2) is 0 Å². The Labute approximate surface area is 126 Å². The van der Waals surface area contributed by atoms with Crippen molar-refractivity contribution >= 4 is 28.9 Å². The zero-order valence-electron chi connectivity index (χ0n) is 11.9. The Bertz CT molecular complexity index is 571. The van der Waals surface area contributed by atoms with Crippen LogP contribution in [0.15, 0.2) is 12.1 Å². The van der Waals surface area contributed by atoms with Gasteiger partial charge < -0.3 is 15.4 Å². The highest BCUT2D eigenvalue weighted by Crippen LogP contribution is 2.33. The third kappa shape index (κ3) is 4.28. The fourth-order valence-corrected chi connectivity index (χ4v) is 2.14. The lowest BCUT2D eigenvalue weighted by Gasteiger charge is -2.25. The normalized spacial score (nSPS) is 11.1. The fraction of sp³-hybridized carbons (Fsp3) is 0.417. The maximum Gasteiger partial charge on any atom is 0.295 e. The number of anilines is 1. The number of nitrogens with two attached hydrogens (primary N) is 1. The van der Waals surface area contributed by atoms with E-state index in [2.05, 4.69) is 5.43 Å². The first kappa shape index (κ1) is 17.2. The van der Waals surface area contributed by atoms with Crippen molar-refractivity contribution in [1.82, 2.24) is 4.90 Å². The smallest absolute Gasteiger partial charge is 0.295 e. The van der Waals surface area contributed by atoms with Gasteiger partial charge in [0, 0.05) is 25.2 Å². The van der Waals surface area contributed by atoms with Gasteiger partial charge in [0.25, 0.3) is 11.6 Å². The molecule has 0 unspecified atom stereocenters. The van der Waals surface area contributed by atoms with Gasteiger partial charge >= 0.3 is 0 Å². The average Bonchev–Trinajstić information content (AvgIpc) is 2.34. The second-order valence-electron chi connectivity index (χ2n) is 5.23. The predicted octanol–water partition coefficient (Wildman–Crippen LogP) is 1.38. The number of hydrogen-bond donors (Lipinski definition) is 3. The molecule has 1 aromatic rings. The number of aliphatic hydroxyl groups is 1. The van der Waals surface area contributed by atoms with E-state index < -0.39 is 22.1 Å². The van der Waals surface area contributed by atoms with Crippen LogP contribution in [-0.2, 0) is 0 Å². The number of halogens is 1. The first-order chi connectivity index (χ1) is 9.56. The molecule has 0 spiro atoms. The van der Waals surface area contributed by atoms with E-state index in [0.717, 1.165) is 6.07 Å². The van der Waals surface area contributed by atoms with Gasteiger partial charge in [-0.2, -0.15) is 0 Å². The van der Waals surface area contributed by atoms with Crippen LogP contribution in [0.2, 0.25) is 5.02 Å². The van der Waals surface area contributed by atoms with Crippen LogP contribution in [0.5, 0.6) is 0 Å². The molecule has 8 nitrogen and oxygen atoms in total. The predicted molar refractivity (Wildman–Crippen MR) is 79.2 cm³/mol. The zero-order valence-corrected chi connectivity index (χ0v) is 12.6. The number of benzene rings is 1. The van der Waals surface area contributed by atoms with Crippen LogP contribution in [0.1, 0.15) is 24.2 Å². The standard InChI is InChI=1S/C12H17ClN4O4/c1-12(2,19)6-16(3)11(18)7-4-8(13)10(15-14)9(5-7)17(20)21/h4-5,15,19H,6,14H2,1-3H3. The van der Waals surface area contributed by atoms with Gasteiger partial charge in [-0.1, -0.05) is 11.6 Å². The Morgan fingerprint density at radius 1 is 1.57 bits per heavy atom. The Balaban J connectivity index is 3.20. The molecular weight excluding hydrogens is 300 g/mol. The lowest BCUT2D eigenvalue weighted by Crippen LogP contribution is -2.39. The summed E-state index contributed by atoms with van der Waals surface area (Å²) in [7, 11) is 1.48. The topological polar surface area (TPSA) is 122 Å². The molecule has 0 bridgehead atoms. The van der Waals surface area contributed by atoms with Crippen molar-refractivity contribution < 1.29 is 14.8 Å². The number of nitrogens with zero attached hydrogens (tertiary/aromatic N) is 2. The van der Waals surface area contributed by atoms with Crippen LogP contribution in [0, 0.1) is 10.1 Å². The highest BCUT2D eigenvalue weighted by Gasteiger charge is 2.25. The second-order valence-corrected chi connectivity index (χ2v) is 5.63. The summed E-state index contributed by atoms with van der Waals surface area (Å²) in [5.74, 6) is 4.70. The lowest BCUT2D eigenvalue weighted by atomic mass is 10.1. The highest BCUT2D eigenvalue weighted by atomic mass is 35.5. The quantitative estimate of drug-likeness (QED) is 0.428. The first-order valence-electron chi connectivity index (χ1n) is 5.99. The molecule has 1 aromatic carbocycles. The molecular formula is C12H17ClN4O4. The van der Waals surface area contributed by atoms with E-state index in [4.69, 9.17) is 17.4 Å². The lowest BCUT2D eigenvalue weighted by molar-refractivity contribution is -0.384. The van der Waals surface area contributed by atoms with Crippen molar-refractivity contribution in [3.63, 3.8) is 0 Å². The summed E-state index contributed by atoms with van der Waals surface area (Å²) in [6.45, 7) is 3.16. The molecule has 0 aromatic heterocycles. The van der Waals surface area contributed by atoms with E-state index in [-0.39, 0.29) is 22.8 Å². The molecule has 21 heavy (non-hydrogen) atoms. The van der Waals surface area contributed by atoms with Crippen molar-refractivity contribution in [3.05, 3.63) is 32.8 Å². The molecule has 116 valence electrons. The Kier molecular flexibility index (Phi) is 5.10. The molecule has 0 saturated carbocycles. The van der Waals surface area contributed by atoms with Crippen LogP contribution in [-0.4, -0.2) is 40.0 Å².